The fraction of sp³-hybridized carbons (Fsp3) is 0.448. The largest absolute Gasteiger partial charge is 0.397 e. The molecule has 0 unspecified atom stereocenters. The minimum atomic E-state index is -0.580. The summed E-state index contributed by atoms with van der Waals surface area (Å²) in [6, 6.07) is 10.5. The summed E-state index contributed by atoms with van der Waals surface area (Å²) in [4.78, 5) is 33.1. The fourth-order valence-corrected chi connectivity index (χ4v) is 5.92. The molecule has 3 heterocycles. The number of piperidine rings is 1. The summed E-state index contributed by atoms with van der Waals surface area (Å²) in [5.41, 5.74) is 8.55. The first-order valence-electron chi connectivity index (χ1n) is 13.2. The highest BCUT2D eigenvalue weighted by molar-refractivity contribution is 6.08. The Morgan fingerprint density at radius 1 is 1.14 bits per heavy atom. The highest BCUT2D eigenvalue weighted by Crippen LogP contribution is 2.41. The predicted octanol–water partition coefficient (Wildman–Crippen LogP) is 3.97. The molecular weight excluding hydrogens is 469 g/mol. The average molecular weight is 506 g/mol. The third-order valence-corrected chi connectivity index (χ3v) is 8.14. The molecule has 196 valence electrons. The van der Waals surface area contributed by atoms with Crippen molar-refractivity contribution in [2.75, 3.05) is 45.5 Å². The zero-order chi connectivity index (χ0) is 26.2. The number of rotatable bonds is 6. The van der Waals surface area contributed by atoms with Gasteiger partial charge in [0.25, 0.3) is 11.5 Å². The molecule has 7 nitrogen and oxygen atoms in total. The van der Waals surface area contributed by atoms with E-state index >= 15 is 4.39 Å². The maximum Gasteiger partial charge on any atom is 0.263 e. The van der Waals surface area contributed by atoms with Gasteiger partial charge in [0.05, 0.1) is 11.2 Å². The predicted molar refractivity (Wildman–Crippen MR) is 146 cm³/mol. The molecule has 1 spiro atoms. The van der Waals surface area contributed by atoms with Crippen LogP contribution in [-0.2, 0) is 6.54 Å². The van der Waals surface area contributed by atoms with Crippen molar-refractivity contribution in [1.82, 2.24) is 20.1 Å². The number of nitrogen functional groups attached to an aromatic ring is 1. The van der Waals surface area contributed by atoms with Gasteiger partial charge in [-0.2, -0.15) is 0 Å². The summed E-state index contributed by atoms with van der Waals surface area (Å²) >= 11 is 0. The minimum Gasteiger partial charge on any atom is -0.397 e. The lowest BCUT2D eigenvalue weighted by Crippen LogP contribution is -2.39. The van der Waals surface area contributed by atoms with Crippen molar-refractivity contribution in [3.8, 4) is 11.1 Å². The van der Waals surface area contributed by atoms with Gasteiger partial charge in [-0.1, -0.05) is 31.2 Å². The summed E-state index contributed by atoms with van der Waals surface area (Å²) in [5, 5.41) is 3.23. The van der Waals surface area contributed by atoms with Crippen LogP contribution in [0.5, 0.6) is 0 Å². The number of amides is 1. The summed E-state index contributed by atoms with van der Waals surface area (Å²) in [6.45, 7) is 7.57. The van der Waals surface area contributed by atoms with Crippen molar-refractivity contribution in [3.05, 3.63) is 63.7 Å². The van der Waals surface area contributed by atoms with E-state index < -0.39 is 11.5 Å². The van der Waals surface area contributed by atoms with E-state index in [1.54, 1.807) is 18.2 Å². The first kappa shape index (κ1) is 25.4. The molecule has 1 aromatic heterocycles. The van der Waals surface area contributed by atoms with Gasteiger partial charge in [0.15, 0.2) is 0 Å². The van der Waals surface area contributed by atoms with Crippen molar-refractivity contribution < 1.29 is 9.18 Å². The van der Waals surface area contributed by atoms with Gasteiger partial charge in [-0.05, 0) is 75.5 Å². The van der Waals surface area contributed by atoms with Crippen LogP contribution in [-0.4, -0.2) is 60.5 Å². The van der Waals surface area contributed by atoms with Crippen LogP contribution in [0.3, 0.4) is 0 Å². The highest BCUT2D eigenvalue weighted by atomic mass is 19.1. The molecule has 2 saturated heterocycles. The number of pyridine rings is 1. The van der Waals surface area contributed by atoms with Gasteiger partial charge in [-0.3, -0.25) is 14.5 Å². The molecule has 2 aliphatic rings. The number of H-pyrrole nitrogens is 1. The first-order chi connectivity index (χ1) is 17.8. The molecule has 0 atom stereocenters. The number of nitrogens with zero attached hydrogens (tertiary/aromatic N) is 2. The first-order valence-corrected chi connectivity index (χ1v) is 13.2. The van der Waals surface area contributed by atoms with Gasteiger partial charge in [0.2, 0.25) is 0 Å². The van der Waals surface area contributed by atoms with Crippen LogP contribution in [0.15, 0.2) is 41.2 Å². The van der Waals surface area contributed by atoms with Crippen molar-refractivity contribution in [3.63, 3.8) is 0 Å². The van der Waals surface area contributed by atoms with E-state index in [0.717, 1.165) is 44.7 Å². The van der Waals surface area contributed by atoms with Crippen LogP contribution in [0.1, 0.15) is 48.5 Å². The standard InChI is InChI=1S/C29H36FN5O2/c1-3-12-32-27(36)24-25(31)21-6-4-5-20(26(21)33-28(24)37)22-16-19(7-8-23(22)30)17-35-15-11-29(18-35)9-13-34(2)14-10-29/h4-8,16H,3,9-15,17-18H2,1-2H3,(H,32,36)(H3,31,33,37). The van der Waals surface area contributed by atoms with Gasteiger partial charge in [-0.25, -0.2) is 4.39 Å². The zero-order valence-corrected chi connectivity index (χ0v) is 21.7. The quantitative estimate of drug-likeness (QED) is 0.471. The number of anilines is 1. The van der Waals surface area contributed by atoms with E-state index in [0.29, 0.717) is 34.0 Å². The lowest BCUT2D eigenvalue weighted by Gasteiger charge is -2.37. The van der Waals surface area contributed by atoms with Crippen molar-refractivity contribution in [2.45, 2.75) is 39.2 Å². The molecule has 0 radical (unpaired) electrons. The summed E-state index contributed by atoms with van der Waals surface area (Å²) in [7, 11) is 2.19. The van der Waals surface area contributed by atoms with Crippen LogP contribution in [0, 0.1) is 11.2 Å². The number of aromatic nitrogens is 1. The van der Waals surface area contributed by atoms with Crippen LogP contribution < -0.4 is 16.6 Å². The lowest BCUT2D eigenvalue weighted by atomic mass is 9.78. The number of carbonyl (C=O) groups excluding carboxylic acids is 1. The SMILES string of the molecule is CCCNC(=O)c1c(N)c2cccc(-c3cc(CN4CCC5(CCN(C)CC5)C4)ccc3F)c2[nH]c1=O. The Morgan fingerprint density at radius 2 is 1.89 bits per heavy atom. The number of aromatic amines is 1. The van der Waals surface area contributed by atoms with Crippen LogP contribution in [0.2, 0.25) is 0 Å². The Balaban J connectivity index is 1.45. The van der Waals surface area contributed by atoms with Crippen LogP contribution >= 0.6 is 0 Å². The van der Waals surface area contributed by atoms with E-state index in [1.807, 2.05) is 19.1 Å². The third kappa shape index (κ3) is 5.00. The number of hydrogen-bond donors (Lipinski definition) is 3. The normalized spacial score (nSPS) is 18.0. The Hall–Kier alpha value is -3.23. The number of halogens is 1. The molecule has 8 heteroatoms. The average Bonchev–Trinajstić information content (AvgIpc) is 3.27. The highest BCUT2D eigenvalue weighted by Gasteiger charge is 2.39. The number of fused-ring (bicyclic) bond motifs is 1. The Morgan fingerprint density at radius 3 is 2.65 bits per heavy atom. The number of hydrogen-bond acceptors (Lipinski definition) is 5. The molecule has 0 aliphatic carbocycles. The number of nitrogens with one attached hydrogen (secondary N) is 2. The van der Waals surface area contributed by atoms with E-state index in [1.165, 1.54) is 25.3 Å². The molecule has 2 aliphatic heterocycles. The number of carbonyl (C=O) groups is 1. The smallest absolute Gasteiger partial charge is 0.263 e. The van der Waals surface area contributed by atoms with Crippen LogP contribution in [0.4, 0.5) is 10.1 Å². The Kier molecular flexibility index (Phi) is 7.05. The van der Waals surface area contributed by atoms with Crippen molar-refractivity contribution in [2.24, 2.45) is 5.41 Å². The van der Waals surface area contributed by atoms with Gasteiger partial charge >= 0.3 is 0 Å². The Labute approximate surface area is 216 Å². The second kappa shape index (κ2) is 10.3. The second-order valence-electron chi connectivity index (χ2n) is 10.8. The number of nitrogens with two attached hydrogens (primary N) is 1. The second-order valence-corrected chi connectivity index (χ2v) is 10.8. The minimum absolute atomic E-state index is 0.103. The summed E-state index contributed by atoms with van der Waals surface area (Å²) in [6.07, 6.45) is 4.43. The molecule has 0 saturated carbocycles. The van der Waals surface area contributed by atoms with E-state index in [-0.39, 0.29) is 17.1 Å². The zero-order valence-electron chi connectivity index (χ0n) is 21.7. The van der Waals surface area contributed by atoms with Crippen molar-refractivity contribution >= 4 is 22.5 Å². The number of para-hydroxylation sites is 1. The molecule has 0 bridgehead atoms. The molecule has 1 amide bonds. The molecule has 2 fully saturated rings. The number of benzene rings is 2. The molecule has 2 aromatic carbocycles. The van der Waals surface area contributed by atoms with Gasteiger partial charge in [0, 0.05) is 36.1 Å². The van der Waals surface area contributed by atoms with Crippen LogP contribution in [0.25, 0.3) is 22.0 Å². The third-order valence-electron chi connectivity index (χ3n) is 8.14. The summed E-state index contributed by atoms with van der Waals surface area (Å²) in [5.74, 6) is -0.872. The van der Waals surface area contributed by atoms with E-state index in [4.69, 9.17) is 5.73 Å². The Bertz CT molecular complexity index is 1380. The lowest BCUT2D eigenvalue weighted by molar-refractivity contribution is 0.0953. The maximum atomic E-state index is 15.2. The molecule has 3 aromatic rings. The maximum absolute atomic E-state index is 15.2. The summed E-state index contributed by atoms with van der Waals surface area (Å²) < 4.78 is 15.2. The number of likely N-dealkylation sites (tertiary alicyclic amines) is 2. The molecule has 37 heavy (non-hydrogen) atoms. The van der Waals surface area contributed by atoms with E-state index in [9.17, 15) is 9.59 Å². The molecule has 4 N–H and O–H groups in total. The fourth-order valence-electron chi connectivity index (χ4n) is 5.92. The van der Waals surface area contributed by atoms with Gasteiger partial charge in [-0.15, -0.1) is 0 Å². The van der Waals surface area contributed by atoms with Gasteiger partial charge in [0.1, 0.15) is 11.4 Å². The molecule has 5 rings (SSSR count). The monoisotopic (exact) mass is 505 g/mol. The molecular formula is C29H36FN5O2. The van der Waals surface area contributed by atoms with Crippen molar-refractivity contribution in [1.29, 1.82) is 0 Å². The van der Waals surface area contributed by atoms with E-state index in [2.05, 4.69) is 27.1 Å². The topological polar surface area (TPSA) is 94.5 Å². The van der Waals surface area contributed by atoms with Gasteiger partial charge < -0.3 is 20.9 Å².